The maximum Gasteiger partial charge on any atom is 0.335 e. The van der Waals surface area contributed by atoms with Crippen LogP contribution in [0, 0.1) is 6.92 Å². The van der Waals surface area contributed by atoms with Gasteiger partial charge in [0.15, 0.2) is 0 Å². The molecule has 0 amide bonds. The monoisotopic (exact) mass is 266 g/mol. The lowest BCUT2D eigenvalue weighted by atomic mass is 9.77. The lowest BCUT2D eigenvalue weighted by Gasteiger charge is -2.28. The van der Waals surface area contributed by atoms with Gasteiger partial charge in [-0.1, -0.05) is 36.8 Å². The van der Waals surface area contributed by atoms with Crippen LogP contribution >= 0.6 is 0 Å². The summed E-state index contributed by atoms with van der Waals surface area (Å²) in [7, 11) is 0. The molecule has 0 saturated heterocycles. The van der Waals surface area contributed by atoms with Gasteiger partial charge in [-0.3, -0.25) is 0 Å². The van der Waals surface area contributed by atoms with Gasteiger partial charge in [-0.15, -0.1) is 0 Å². The average molecular weight is 266 g/mol. The average Bonchev–Trinajstić information content (AvgIpc) is 2.36. The molecule has 0 spiro atoms. The summed E-state index contributed by atoms with van der Waals surface area (Å²) >= 11 is 0. The summed E-state index contributed by atoms with van der Waals surface area (Å²) in [4.78, 5) is 11.2. The second-order valence-corrected chi connectivity index (χ2v) is 5.61. The number of hydrogen-bond donors (Lipinski definition) is 1. The molecule has 0 atom stereocenters. The minimum absolute atomic E-state index is 0.364. The van der Waals surface area contributed by atoms with Gasteiger partial charge in [-0.25, -0.2) is 4.79 Å². The van der Waals surface area contributed by atoms with E-state index in [2.05, 4.69) is 24.3 Å². The maximum absolute atomic E-state index is 11.2. The van der Waals surface area contributed by atoms with Gasteiger partial charge >= 0.3 is 5.97 Å². The molecule has 0 unspecified atom stereocenters. The highest BCUT2D eigenvalue weighted by Gasteiger charge is 2.22. The van der Waals surface area contributed by atoms with Crippen molar-refractivity contribution in [3.05, 3.63) is 59.2 Å². The zero-order valence-electron chi connectivity index (χ0n) is 11.6. The quantitative estimate of drug-likeness (QED) is 0.879. The topological polar surface area (TPSA) is 37.3 Å². The van der Waals surface area contributed by atoms with Crippen molar-refractivity contribution >= 4 is 5.97 Å². The Balaban J connectivity index is 2.11. The predicted molar refractivity (Wildman–Crippen MR) is 80.2 cm³/mol. The van der Waals surface area contributed by atoms with E-state index in [0.29, 0.717) is 11.5 Å². The van der Waals surface area contributed by atoms with E-state index < -0.39 is 5.97 Å². The Kier molecular flexibility index (Phi) is 3.31. The molecule has 2 nitrogen and oxygen atoms in total. The molecule has 0 heterocycles. The van der Waals surface area contributed by atoms with Crippen molar-refractivity contribution in [3.8, 4) is 11.1 Å². The van der Waals surface area contributed by atoms with Crippen LogP contribution in [-0.2, 0) is 0 Å². The molecule has 1 fully saturated rings. The lowest BCUT2D eigenvalue weighted by Crippen LogP contribution is -2.10. The first-order valence-electron chi connectivity index (χ1n) is 7.09. The summed E-state index contributed by atoms with van der Waals surface area (Å²) in [6.07, 6.45) is 3.79. The van der Waals surface area contributed by atoms with Gasteiger partial charge in [-0.2, -0.15) is 0 Å². The highest BCUT2D eigenvalue weighted by Crippen LogP contribution is 2.41. The van der Waals surface area contributed by atoms with E-state index in [1.165, 1.54) is 30.4 Å². The zero-order chi connectivity index (χ0) is 14.1. The summed E-state index contributed by atoms with van der Waals surface area (Å²) in [5.41, 5.74) is 4.92. The van der Waals surface area contributed by atoms with E-state index in [9.17, 15) is 9.90 Å². The first kappa shape index (κ1) is 12.9. The summed E-state index contributed by atoms with van der Waals surface area (Å²) in [5.74, 6) is -0.226. The Morgan fingerprint density at radius 1 is 1.15 bits per heavy atom. The zero-order valence-corrected chi connectivity index (χ0v) is 11.6. The van der Waals surface area contributed by atoms with Crippen LogP contribution in [0.2, 0.25) is 0 Å². The molecule has 20 heavy (non-hydrogen) atoms. The number of carboxylic acid groups (broad SMARTS) is 1. The molecule has 1 aliphatic carbocycles. The van der Waals surface area contributed by atoms with Crippen LogP contribution in [-0.4, -0.2) is 11.1 Å². The Hall–Kier alpha value is -2.09. The van der Waals surface area contributed by atoms with Crippen LogP contribution in [0.25, 0.3) is 11.1 Å². The third kappa shape index (κ3) is 2.34. The van der Waals surface area contributed by atoms with Crippen molar-refractivity contribution < 1.29 is 9.90 Å². The largest absolute Gasteiger partial charge is 0.478 e. The van der Waals surface area contributed by atoms with Crippen molar-refractivity contribution in [2.24, 2.45) is 0 Å². The maximum atomic E-state index is 11.2. The van der Waals surface area contributed by atoms with Crippen molar-refractivity contribution in [2.75, 3.05) is 0 Å². The number of carboxylic acids is 1. The highest BCUT2D eigenvalue weighted by molar-refractivity contribution is 5.90. The molecule has 0 aromatic heterocycles. The molecule has 0 aliphatic heterocycles. The molecule has 1 aliphatic rings. The second kappa shape index (κ2) is 5.12. The number of aromatic carboxylic acids is 1. The van der Waals surface area contributed by atoms with Crippen LogP contribution in [0.1, 0.15) is 46.7 Å². The molecule has 2 heteroatoms. The first-order chi connectivity index (χ1) is 9.65. The molecule has 0 bridgehead atoms. The van der Waals surface area contributed by atoms with Crippen LogP contribution in [0.5, 0.6) is 0 Å². The van der Waals surface area contributed by atoms with Crippen molar-refractivity contribution in [3.63, 3.8) is 0 Å². The fourth-order valence-corrected chi connectivity index (χ4v) is 2.90. The van der Waals surface area contributed by atoms with Crippen molar-refractivity contribution in [2.45, 2.75) is 32.1 Å². The Bertz CT molecular complexity index is 654. The van der Waals surface area contributed by atoms with Crippen LogP contribution in [0.4, 0.5) is 0 Å². The summed E-state index contributed by atoms with van der Waals surface area (Å²) in [6.45, 7) is 1.95. The summed E-state index contributed by atoms with van der Waals surface area (Å²) < 4.78 is 0. The van der Waals surface area contributed by atoms with Crippen LogP contribution < -0.4 is 0 Å². The van der Waals surface area contributed by atoms with E-state index in [0.717, 1.165) is 11.1 Å². The molecule has 2 aromatic carbocycles. The fourth-order valence-electron chi connectivity index (χ4n) is 2.90. The Labute approximate surface area is 119 Å². The van der Waals surface area contributed by atoms with Crippen molar-refractivity contribution in [1.29, 1.82) is 0 Å². The van der Waals surface area contributed by atoms with Gasteiger partial charge < -0.3 is 5.11 Å². The van der Waals surface area contributed by atoms with Gasteiger partial charge in [0.05, 0.1) is 5.56 Å². The Morgan fingerprint density at radius 2 is 1.90 bits per heavy atom. The number of rotatable bonds is 3. The standard InChI is InChI=1S/C18H18O2/c1-12-9-14(11-15(10-12)18(19)20)17-8-3-2-7-16(17)13-5-4-6-13/h2-3,7-11,13H,4-6H2,1H3,(H,19,20). The molecule has 3 rings (SSSR count). The SMILES string of the molecule is Cc1cc(C(=O)O)cc(-c2ccccc2C2CCC2)c1. The normalized spacial score (nSPS) is 14.8. The summed E-state index contributed by atoms with van der Waals surface area (Å²) in [5, 5.41) is 9.22. The van der Waals surface area contributed by atoms with E-state index >= 15 is 0 Å². The van der Waals surface area contributed by atoms with E-state index in [4.69, 9.17) is 0 Å². The van der Waals surface area contributed by atoms with E-state index in [1.54, 1.807) is 12.1 Å². The predicted octanol–water partition coefficient (Wildman–Crippen LogP) is 4.63. The van der Waals surface area contributed by atoms with Gasteiger partial charge in [0.1, 0.15) is 0 Å². The third-order valence-electron chi connectivity index (χ3n) is 4.14. The van der Waals surface area contributed by atoms with Gasteiger partial charge in [0.25, 0.3) is 0 Å². The molecule has 1 saturated carbocycles. The second-order valence-electron chi connectivity index (χ2n) is 5.61. The number of carbonyl (C=O) groups is 1. The molecular formula is C18H18O2. The van der Waals surface area contributed by atoms with Crippen LogP contribution in [0.15, 0.2) is 42.5 Å². The number of hydrogen-bond acceptors (Lipinski definition) is 1. The third-order valence-corrected chi connectivity index (χ3v) is 4.14. The van der Waals surface area contributed by atoms with E-state index in [-0.39, 0.29) is 0 Å². The number of aryl methyl sites for hydroxylation is 1. The smallest absolute Gasteiger partial charge is 0.335 e. The van der Waals surface area contributed by atoms with Gasteiger partial charge in [-0.05, 0) is 60.1 Å². The van der Waals surface area contributed by atoms with Crippen LogP contribution in [0.3, 0.4) is 0 Å². The highest BCUT2D eigenvalue weighted by atomic mass is 16.4. The summed E-state index contributed by atoms with van der Waals surface area (Å²) in [6, 6.07) is 14.0. The Morgan fingerprint density at radius 3 is 2.55 bits per heavy atom. The van der Waals surface area contributed by atoms with Gasteiger partial charge in [0, 0.05) is 0 Å². The minimum atomic E-state index is -0.865. The van der Waals surface area contributed by atoms with Gasteiger partial charge in [0.2, 0.25) is 0 Å². The molecule has 2 aromatic rings. The number of benzene rings is 2. The molecular weight excluding hydrogens is 248 g/mol. The molecule has 0 radical (unpaired) electrons. The fraction of sp³-hybridized carbons (Fsp3) is 0.278. The lowest BCUT2D eigenvalue weighted by molar-refractivity contribution is 0.0697. The van der Waals surface area contributed by atoms with E-state index in [1.807, 2.05) is 13.0 Å². The minimum Gasteiger partial charge on any atom is -0.478 e. The molecule has 1 N–H and O–H groups in total. The molecule has 102 valence electrons. The first-order valence-corrected chi connectivity index (χ1v) is 7.09. The van der Waals surface area contributed by atoms with Crippen molar-refractivity contribution in [1.82, 2.24) is 0 Å².